The SMILES string of the molecule is C=C1Oc2ccccc2C/C=C\C=C/1C(c1ccccc1)c1cccc(-c2cccc3oc4ccc(-c5ccc6c(ccc7ccccc76)c5)cc4c23)c1. The molecule has 1 unspecified atom stereocenters. The Labute approximate surface area is 314 Å². The summed E-state index contributed by atoms with van der Waals surface area (Å²) >= 11 is 0. The van der Waals surface area contributed by atoms with Crippen LogP contribution in [-0.4, -0.2) is 0 Å². The van der Waals surface area contributed by atoms with Gasteiger partial charge in [0.25, 0.3) is 0 Å². The lowest BCUT2D eigenvalue weighted by molar-refractivity contribution is 0.429. The highest BCUT2D eigenvalue weighted by molar-refractivity contribution is 6.14. The minimum atomic E-state index is -0.106. The van der Waals surface area contributed by atoms with Gasteiger partial charge in [-0.25, -0.2) is 0 Å². The maximum Gasteiger partial charge on any atom is 0.136 e. The van der Waals surface area contributed by atoms with Gasteiger partial charge >= 0.3 is 0 Å². The monoisotopic (exact) mass is 692 g/mol. The number of hydrogen-bond donors (Lipinski definition) is 0. The van der Waals surface area contributed by atoms with E-state index in [9.17, 15) is 0 Å². The number of para-hydroxylation sites is 1. The minimum Gasteiger partial charge on any atom is -0.457 e. The Kier molecular flexibility index (Phi) is 7.81. The van der Waals surface area contributed by atoms with E-state index < -0.39 is 0 Å². The van der Waals surface area contributed by atoms with Crippen LogP contribution >= 0.6 is 0 Å². The van der Waals surface area contributed by atoms with Gasteiger partial charge in [0.05, 0.1) is 0 Å². The van der Waals surface area contributed by atoms with Gasteiger partial charge in [0.2, 0.25) is 0 Å². The first-order chi connectivity index (χ1) is 26.7. The number of ether oxygens (including phenoxy) is 1. The second-order valence-corrected chi connectivity index (χ2v) is 14.1. The largest absolute Gasteiger partial charge is 0.457 e. The van der Waals surface area contributed by atoms with Gasteiger partial charge in [-0.15, -0.1) is 0 Å². The van der Waals surface area contributed by atoms with Crippen molar-refractivity contribution in [3.05, 3.63) is 223 Å². The van der Waals surface area contributed by atoms with E-state index in [4.69, 9.17) is 9.15 Å². The summed E-state index contributed by atoms with van der Waals surface area (Å²) in [7, 11) is 0. The molecule has 0 radical (unpaired) electrons. The maximum atomic E-state index is 6.54. The van der Waals surface area contributed by atoms with E-state index >= 15 is 0 Å². The van der Waals surface area contributed by atoms with Gasteiger partial charge in [0.15, 0.2) is 0 Å². The summed E-state index contributed by atoms with van der Waals surface area (Å²) in [4.78, 5) is 0. The summed E-state index contributed by atoms with van der Waals surface area (Å²) in [6.45, 7) is 4.48. The Bertz CT molecular complexity index is 2960. The van der Waals surface area contributed by atoms with Crippen LogP contribution in [0.4, 0.5) is 0 Å². The van der Waals surface area contributed by atoms with Gasteiger partial charge in [0.1, 0.15) is 22.7 Å². The van der Waals surface area contributed by atoms with E-state index in [1.807, 2.05) is 12.1 Å². The third-order valence-corrected chi connectivity index (χ3v) is 10.8. The first-order valence-electron chi connectivity index (χ1n) is 18.5. The van der Waals surface area contributed by atoms with E-state index in [0.717, 1.165) is 67.5 Å². The summed E-state index contributed by atoms with van der Waals surface area (Å²) in [6, 6.07) is 60.5. The van der Waals surface area contributed by atoms with Crippen molar-refractivity contribution in [1.29, 1.82) is 0 Å². The molecule has 10 rings (SSSR count). The first-order valence-corrected chi connectivity index (χ1v) is 18.5. The summed E-state index contributed by atoms with van der Waals surface area (Å²) < 4.78 is 13.0. The highest BCUT2D eigenvalue weighted by atomic mass is 16.5. The number of fused-ring (bicyclic) bond motifs is 7. The first kappa shape index (κ1) is 31.8. The number of rotatable bonds is 5. The molecule has 0 N–H and O–H groups in total. The van der Waals surface area contributed by atoms with Crippen LogP contribution in [-0.2, 0) is 6.42 Å². The number of furan rings is 1. The molecule has 54 heavy (non-hydrogen) atoms. The van der Waals surface area contributed by atoms with E-state index in [-0.39, 0.29) is 5.92 Å². The molecule has 1 aromatic heterocycles. The molecule has 0 aliphatic carbocycles. The average molecular weight is 693 g/mol. The van der Waals surface area contributed by atoms with E-state index in [0.29, 0.717) is 5.76 Å². The molecule has 9 aromatic rings. The van der Waals surface area contributed by atoms with Crippen LogP contribution in [0.3, 0.4) is 0 Å². The molecule has 0 saturated heterocycles. The summed E-state index contributed by atoms with van der Waals surface area (Å²) in [6.07, 6.45) is 7.29. The van der Waals surface area contributed by atoms with E-state index in [1.165, 1.54) is 32.7 Å². The van der Waals surface area contributed by atoms with Crippen molar-refractivity contribution < 1.29 is 9.15 Å². The topological polar surface area (TPSA) is 22.4 Å². The Morgan fingerprint density at radius 1 is 0.519 bits per heavy atom. The number of benzene rings is 8. The molecule has 1 atom stereocenters. The van der Waals surface area contributed by atoms with Crippen LogP contribution in [0.2, 0.25) is 0 Å². The van der Waals surface area contributed by atoms with Gasteiger partial charge in [0, 0.05) is 22.3 Å². The van der Waals surface area contributed by atoms with Crippen LogP contribution in [0.15, 0.2) is 210 Å². The third-order valence-electron chi connectivity index (χ3n) is 10.8. The molecule has 2 heteroatoms. The molecule has 0 saturated carbocycles. The average Bonchev–Trinajstić information content (AvgIpc) is 3.63. The fourth-order valence-electron chi connectivity index (χ4n) is 8.20. The van der Waals surface area contributed by atoms with Crippen molar-refractivity contribution in [3.63, 3.8) is 0 Å². The molecule has 0 bridgehead atoms. The molecular formula is C52H36O2. The second-order valence-electron chi connectivity index (χ2n) is 14.1. The smallest absolute Gasteiger partial charge is 0.136 e. The summed E-state index contributed by atoms with van der Waals surface area (Å²) in [5, 5.41) is 7.25. The predicted octanol–water partition coefficient (Wildman–Crippen LogP) is 14.0. The fraction of sp³-hybridized carbons (Fsp3) is 0.0385. The van der Waals surface area contributed by atoms with Crippen molar-refractivity contribution in [2.75, 3.05) is 0 Å². The van der Waals surface area contributed by atoms with Gasteiger partial charge < -0.3 is 9.15 Å². The van der Waals surface area contributed by atoms with E-state index in [2.05, 4.69) is 183 Å². The molecule has 256 valence electrons. The van der Waals surface area contributed by atoms with Gasteiger partial charge in [-0.3, -0.25) is 0 Å². The molecular weight excluding hydrogens is 657 g/mol. The molecule has 1 aliphatic rings. The lowest BCUT2D eigenvalue weighted by Gasteiger charge is -2.24. The quantitative estimate of drug-likeness (QED) is 0.168. The van der Waals surface area contributed by atoms with Crippen LogP contribution in [0.25, 0.3) is 65.7 Å². The van der Waals surface area contributed by atoms with Crippen molar-refractivity contribution in [2.45, 2.75) is 12.3 Å². The zero-order chi connectivity index (χ0) is 36.0. The molecule has 8 aromatic carbocycles. The molecule has 0 spiro atoms. The zero-order valence-corrected chi connectivity index (χ0v) is 29.7. The normalized spacial score (nSPS) is 15.2. The van der Waals surface area contributed by atoms with Crippen LogP contribution in [0, 0.1) is 0 Å². The highest BCUT2D eigenvalue weighted by Gasteiger charge is 2.24. The van der Waals surface area contributed by atoms with Crippen molar-refractivity contribution in [1.82, 2.24) is 0 Å². The number of allylic oxidation sites excluding steroid dienone is 4. The van der Waals surface area contributed by atoms with Crippen molar-refractivity contribution in [2.24, 2.45) is 0 Å². The second kappa shape index (κ2) is 13.3. The van der Waals surface area contributed by atoms with Crippen molar-refractivity contribution >= 4 is 43.5 Å². The lowest BCUT2D eigenvalue weighted by atomic mass is 9.82. The standard InChI is InChI=1S/C52H36O2/c1-34-43(20-8-6-14-36-15-7-10-23-48(36)53-34)51(37-16-3-2-4-17-37)42-19-11-18-40(32-42)46-22-12-24-50-52(46)47-33-39(28-30-49(47)54-50)38-27-29-45-41(31-38)26-25-35-13-5-9-21-44(35)45/h2-13,15-33,51H,1,14H2/b8-6-,43-20+. The Balaban J connectivity index is 1.09. The van der Waals surface area contributed by atoms with Crippen LogP contribution in [0.5, 0.6) is 5.75 Å². The summed E-state index contributed by atoms with van der Waals surface area (Å²) in [5.41, 5.74) is 10.8. The zero-order valence-electron chi connectivity index (χ0n) is 29.7. The molecule has 0 fully saturated rings. The predicted molar refractivity (Wildman–Crippen MR) is 225 cm³/mol. The molecule has 1 aliphatic heterocycles. The molecule has 0 amide bonds. The fourth-order valence-corrected chi connectivity index (χ4v) is 8.20. The van der Waals surface area contributed by atoms with Gasteiger partial charge in [-0.05, 0) is 97.2 Å². The van der Waals surface area contributed by atoms with E-state index in [1.54, 1.807) is 0 Å². The summed E-state index contributed by atoms with van der Waals surface area (Å²) in [5.74, 6) is 1.38. The Morgan fingerprint density at radius 3 is 2.22 bits per heavy atom. The number of hydrogen-bond acceptors (Lipinski definition) is 2. The third kappa shape index (κ3) is 5.60. The van der Waals surface area contributed by atoms with Crippen molar-refractivity contribution in [3.8, 4) is 28.0 Å². The molecule has 2 heterocycles. The van der Waals surface area contributed by atoms with Crippen LogP contribution in [0.1, 0.15) is 22.6 Å². The Hall–Kier alpha value is -6.90. The van der Waals surface area contributed by atoms with Gasteiger partial charge in [-0.2, -0.15) is 0 Å². The molecule has 2 nitrogen and oxygen atoms in total. The van der Waals surface area contributed by atoms with Crippen LogP contribution < -0.4 is 4.74 Å². The Morgan fingerprint density at radius 2 is 1.28 bits per heavy atom. The van der Waals surface area contributed by atoms with Gasteiger partial charge in [-0.1, -0.05) is 164 Å². The maximum absolute atomic E-state index is 6.54. The lowest BCUT2D eigenvalue weighted by Crippen LogP contribution is -2.10. The minimum absolute atomic E-state index is 0.106. The highest BCUT2D eigenvalue weighted by Crippen LogP contribution is 2.42.